The number of H-pyrrole nitrogens is 3. The Morgan fingerprint density at radius 3 is 1.65 bits per heavy atom. The smallest absolute Gasteiger partial charge is 0.296 e. The van der Waals surface area contributed by atoms with Crippen LogP contribution in [0, 0.1) is 0 Å². The number of aromatic amines is 3. The van der Waals surface area contributed by atoms with Gasteiger partial charge in [-0.05, 0) is 0 Å². The standard InChI is InChI=1S/C6H3N7O4/c14-5-7-3(11-16-5)1-2(10-13-9-1)4-8-6(15)17-12-4/h(H,7,11,14)(H,8,12,15)(H,9,10,13). The predicted octanol–water partition coefficient (Wildman–Crippen LogP) is -1.51. The van der Waals surface area contributed by atoms with Gasteiger partial charge < -0.3 is 0 Å². The molecule has 86 valence electrons. The summed E-state index contributed by atoms with van der Waals surface area (Å²) in [6.07, 6.45) is 0. The van der Waals surface area contributed by atoms with Crippen molar-refractivity contribution in [2.45, 2.75) is 0 Å². The molecule has 3 aromatic heterocycles. The van der Waals surface area contributed by atoms with E-state index in [0.29, 0.717) is 0 Å². The molecule has 0 aliphatic carbocycles. The van der Waals surface area contributed by atoms with E-state index < -0.39 is 11.5 Å². The Kier molecular flexibility index (Phi) is 1.78. The minimum atomic E-state index is -0.734. The summed E-state index contributed by atoms with van der Waals surface area (Å²) in [5.74, 6) is -1.35. The largest absolute Gasteiger partial charge is 0.439 e. The van der Waals surface area contributed by atoms with Crippen LogP contribution in [0.5, 0.6) is 0 Å². The zero-order chi connectivity index (χ0) is 11.8. The third-order valence-corrected chi connectivity index (χ3v) is 1.88. The molecule has 0 spiro atoms. The van der Waals surface area contributed by atoms with Gasteiger partial charge in [0.1, 0.15) is 0 Å². The molecule has 3 rings (SSSR count). The van der Waals surface area contributed by atoms with Crippen molar-refractivity contribution in [2.75, 3.05) is 0 Å². The van der Waals surface area contributed by atoms with E-state index in [9.17, 15) is 9.59 Å². The Hall–Kier alpha value is -2.98. The molecule has 3 aromatic rings. The number of hydrogen-bond acceptors (Lipinski definition) is 8. The van der Waals surface area contributed by atoms with Crippen molar-refractivity contribution in [1.29, 1.82) is 0 Å². The molecule has 17 heavy (non-hydrogen) atoms. The van der Waals surface area contributed by atoms with Gasteiger partial charge in [-0.15, -0.1) is 0 Å². The first kappa shape index (κ1) is 9.26. The number of nitrogens with one attached hydrogen (secondary N) is 3. The number of rotatable bonds is 2. The van der Waals surface area contributed by atoms with E-state index in [2.05, 4.69) is 44.7 Å². The summed E-state index contributed by atoms with van der Waals surface area (Å²) >= 11 is 0. The van der Waals surface area contributed by atoms with Crippen molar-refractivity contribution in [2.24, 2.45) is 0 Å². The van der Waals surface area contributed by atoms with Crippen molar-refractivity contribution in [3.05, 3.63) is 21.1 Å². The third-order valence-electron chi connectivity index (χ3n) is 1.88. The second kappa shape index (κ2) is 3.26. The van der Waals surface area contributed by atoms with Gasteiger partial charge in [0.25, 0.3) is 0 Å². The van der Waals surface area contributed by atoms with Gasteiger partial charge in [0.15, 0.2) is 11.4 Å². The minimum absolute atomic E-state index is 0.0580. The lowest BCUT2D eigenvalue weighted by atomic mass is 10.3. The summed E-state index contributed by atoms with van der Waals surface area (Å²) in [5.41, 5.74) is 0.334. The fourth-order valence-corrected chi connectivity index (χ4v) is 1.22. The first-order chi connectivity index (χ1) is 8.24. The second-order valence-corrected chi connectivity index (χ2v) is 2.91. The van der Waals surface area contributed by atoms with E-state index >= 15 is 0 Å². The zero-order valence-electron chi connectivity index (χ0n) is 7.92. The van der Waals surface area contributed by atoms with Crippen molar-refractivity contribution in [3.63, 3.8) is 0 Å². The van der Waals surface area contributed by atoms with Crippen LogP contribution >= 0.6 is 0 Å². The number of hydrogen-bond donors (Lipinski definition) is 3. The van der Waals surface area contributed by atoms with Crippen LogP contribution in [-0.2, 0) is 0 Å². The van der Waals surface area contributed by atoms with Crippen molar-refractivity contribution in [1.82, 2.24) is 35.7 Å². The molecule has 11 heteroatoms. The fraction of sp³-hybridized carbons (Fsp3) is 0. The lowest BCUT2D eigenvalue weighted by Crippen LogP contribution is -1.97. The summed E-state index contributed by atoms with van der Waals surface area (Å²) in [4.78, 5) is 26.2. The van der Waals surface area contributed by atoms with E-state index in [1.165, 1.54) is 0 Å². The van der Waals surface area contributed by atoms with Crippen LogP contribution in [0.25, 0.3) is 23.0 Å². The van der Waals surface area contributed by atoms with Crippen LogP contribution in [0.15, 0.2) is 18.6 Å². The van der Waals surface area contributed by atoms with Crippen LogP contribution in [0.3, 0.4) is 0 Å². The van der Waals surface area contributed by atoms with Gasteiger partial charge in [0, 0.05) is 0 Å². The average molecular weight is 237 g/mol. The molecule has 11 nitrogen and oxygen atoms in total. The highest BCUT2D eigenvalue weighted by molar-refractivity contribution is 5.68. The molecule has 0 amide bonds. The molecule has 3 heterocycles. The summed E-state index contributed by atoms with van der Waals surface area (Å²) < 4.78 is 8.65. The van der Waals surface area contributed by atoms with Gasteiger partial charge in [-0.3, -0.25) is 19.0 Å². The molecular weight excluding hydrogens is 234 g/mol. The number of aromatic nitrogens is 7. The van der Waals surface area contributed by atoms with E-state index in [4.69, 9.17) is 0 Å². The monoisotopic (exact) mass is 237 g/mol. The molecule has 3 N–H and O–H groups in total. The highest BCUT2D eigenvalue weighted by Gasteiger charge is 2.19. The third kappa shape index (κ3) is 1.45. The molecule has 0 aliphatic rings. The average Bonchev–Trinajstić information content (AvgIpc) is 2.96. The normalized spacial score (nSPS) is 10.8. The summed E-state index contributed by atoms with van der Waals surface area (Å²) in [6.45, 7) is 0. The Labute approximate surface area is 89.8 Å². The van der Waals surface area contributed by atoms with Crippen molar-refractivity contribution >= 4 is 0 Å². The van der Waals surface area contributed by atoms with Crippen LogP contribution < -0.4 is 11.5 Å². The van der Waals surface area contributed by atoms with Crippen molar-refractivity contribution < 1.29 is 9.05 Å². The van der Waals surface area contributed by atoms with Crippen LogP contribution in [0.1, 0.15) is 0 Å². The molecule has 0 atom stereocenters. The Morgan fingerprint density at radius 2 is 1.29 bits per heavy atom. The van der Waals surface area contributed by atoms with E-state index in [0.717, 1.165) is 0 Å². The Balaban J connectivity index is 2.17. The molecule has 0 saturated carbocycles. The molecule has 0 aromatic carbocycles. The maximum Gasteiger partial charge on any atom is 0.439 e. The highest BCUT2D eigenvalue weighted by atomic mass is 16.5. The van der Waals surface area contributed by atoms with Crippen molar-refractivity contribution in [3.8, 4) is 23.0 Å². The lowest BCUT2D eigenvalue weighted by Gasteiger charge is -1.88. The maximum atomic E-state index is 10.8. The van der Waals surface area contributed by atoms with Crippen LogP contribution in [-0.4, -0.2) is 35.7 Å². The van der Waals surface area contributed by atoms with Crippen LogP contribution in [0.2, 0.25) is 0 Å². The van der Waals surface area contributed by atoms with E-state index in [-0.39, 0.29) is 23.0 Å². The molecule has 0 radical (unpaired) electrons. The van der Waals surface area contributed by atoms with Crippen LogP contribution in [0.4, 0.5) is 0 Å². The topological polar surface area (TPSA) is 159 Å². The lowest BCUT2D eigenvalue weighted by molar-refractivity contribution is 0.387. The first-order valence-corrected chi connectivity index (χ1v) is 4.27. The molecule has 0 unspecified atom stereocenters. The second-order valence-electron chi connectivity index (χ2n) is 2.91. The summed E-state index contributed by atoms with van der Waals surface area (Å²) in [5, 5.41) is 16.7. The van der Waals surface area contributed by atoms with E-state index in [1.807, 2.05) is 0 Å². The molecule has 0 bridgehead atoms. The van der Waals surface area contributed by atoms with Gasteiger partial charge in [0.2, 0.25) is 11.6 Å². The maximum absolute atomic E-state index is 10.8. The fourth-order valence-electron chi connectivity index (χ4n) is 1.22. The Morgan fingerprint density at radius 1 is 0.824 bits per heavy atom. The Bertz CT molecular complexity index is 695. The van der Waals surface area contributed by atoms with Gasteiger partial charge in [0.05, 0.1) is 0 Å². The van der Waals surface area contributed by atoms with Gasteiger partial charge in [-0.25, -0.2) is 9.59 Å². The SMILES string of the molecule is O=c1[nH]c(-c2n[nH]nc2-c2noc(=O)[nH]2)no1. The number of nitrogens with zero attached hydrogens (tertiary/aromatic N) is 4. The molecule has 0 saturated heterocycles. The highest BCUT2D eigenvalue weighted by Crippen LogP contribution is 2.21. The quantitative estimate of drug-likeness (QED) is 0.484. The molecular formula is C6H3N7O4. The molecule has 0 fully saturated rings. The molecule has 0 aliphatic heterocycles. The van der Waals surface area contributed by atoms with Gasteiger partial charge in [-0.1, -0.05) is 10.3 Å². The summed E-state index contributed by atoms with van der Waals surface area (Å²) in [6, 6.07) is 0. The first-order valence-electron chi connectivity index (χ1n) is 4.27. The zero-order valence-corrected chi connectivity index (χ0v) is 7.92. The minimum Gasteiger partial charge on any atom is -0.296 e. The van der Waals surface area contributed by atoms with Gasteiger partial charge >= 0.3 is 11.5 Å². The predicted molar refractivity (Wildman–Crippen MR) is 48.6 cm³/mol. The van der Waals surface area contributed by atoms with E-state index in [1.54, 1.807) is 0 Å². The summed E-state index contributed by atoms with van der Waals surface area (Å²) in [7, 11) is 0. The van der Waals surface area contributed by atoms with Gasteiger partial charge in [-0.2, -0.15) is 15.4 Å².